The van der Waals surface area contributed by atoms with Gasteiger partial charge >= 0.3 is 0 Å². The zero-order chi connectivity index (χ0) is 10.6. The van der Waals surface area contributed by atoms with Gasteiger partial charge in [0.15, 0.2) is 0 Å². The van der Waals surface area contributed by atoms with Crippen LogP contribution in [0.15, 0.2) is 18.2 Å². The summed E-state index contributed by atoms with van der Waals surface area (Å²) >= 11 is 0. The van der Waals surface area contributed by atoms with Crippen molar-refractivity contribution in [1.82, 2.24) is 0 Å². The van der Waals surface area contributed by atoms with E-state index in [1.54, 1.807) is 7.11 Å². The molecule has 2 N–H and O–H groups in total. The molecule has 0 saturated heterocycles. The van der Waals surface area contributed by atoms with Gasteiger partial charge in [0.1, 0.15) is 11.9 Å². The second-order valence-corrected chi connectivity index (χ2v) is 3.46. The van der Waals surface area contributed by atoms with Gasteiger partial charge < -0.3 is 15.2 Å². The van der Waals surface area contributed by atoms with E-state index in [-0.39, 0.29) is 6.10 Å². The Morgan fingerprint density at radius 3 is 2.64 bits per heavy atom. The van der Waals surface area contributed by atoms with Crippen molar-refractivity contribution < 1.29 is 9.47 Å². The molecule has 1 unspecified atom stereocenters. The molecule has 78 valence electrons. The van der Waals surface area contributed by atoms with Crippen LogP contribution in [-0.2, 0) is 4.74 Å². The van der Waals surface area contributed by atoms with E-state index in [0.29, 0.717) is 6.61 Å². The number of ether oxygens (including phenoxy) is 2. The van der Waals surface area contributed by atoms with Gasteiger partial charge in [0.2, 0.25) is 0 Å². The van der Waals surface area contributed by atoms with Gasteiger partial charge in [0.05, 0.1) is 6.61 Å². The molecule has 0 heterocycles. The van der Waals surface area contributed by atoms with Crippen molar-refractivity contribution in [3.63, 3.8) is 0 Å². The van der Waals surface area contributed by atoms with Gasteiger partial charge in [0, 0.05) is 18.9 Å². The quantitative estimate of drug-likeness (QED) is 0.747. The smallest absolute Gasteiger partial charge is 0.122 e. The molecule has 1 aromatic carbocycles. The molecule has 1 rings (SSSR count). The maximum atomic E-state index is 5.70. The molecule has 0 aliphatic carbocycles. The van der Waals surface area contributed by atoms with Crippen molar-refractivity contribution >= 4 is 5.69 Å². The molecule has 0 aliphatic heterocycles. The highest BCUT2D eigenvalue weighted by atomic mass is 16.5. The first-order chi connectivity index (χ1) is 6.61. The Bertz CT molecular complexity index is 279. The number of methoxy groups -OCH3 is 1. The minimum absolute atomic E-state index is 0.0428. The number of rotatable bonds is 4. The zero-order valence-corrected chi connectivity index (χ0v) is 8.91. The van der Waals surface area contributed by atoms with Crippen LogP contribution in [0.3, 0.4) is 0 Å². The topological polar surface area (TPSA) is 44.5 Å². The molecule has 0 saturated carbocycles. The standard InChI is InChI=1S/C11H17NO2/c1-8-4-10(12)6-11(5-8)14-9(2)7-13-3/h4-6,9H,7,12H2,1-3H3. The van der Waals surface area contributed by atoms with Gasteiger partial charge in [-0.2, -0.15) is 0 Å². The highest BCUT2D eigenvalue weighted by molar-refractivity contribution is 5.47. The third-order valence-corrected chi connectivity index (χ3v) is 1.81. The van der Waals surface area contributed by atoms with Gasteiger partial charge in [-0.25, -0.2) is 0 Å². The molecule has 3 nitrogen and oxygen atoms in total. The van der Waals surface area contributed by atoms with E-state index in [2.05, 4.69) is 0 Å². The molecule has 0 aliphatic rings. The molecule has 0 radical (unpaired) electrons. The molecule has 0 fully saturated rings. The summed E-state index contributed by atoms with van der Waals surface area (Å²) in [6, 6.07) is 5.69. The molecule has 3 heteroatoms. The van der Waals surface area contributed by atoms with Crippen LogP contribution in [-0.4, -0.2) is 19.8 Å². The summed E-state index contributed by atoms with van der Waals surface area (Å²) in [7, 11) is 1.66. The Balaban J connectivity index is 2.66. The van der Waals surface area contributed by atoms with Gasteiger partial charge in [-0.15, -0.1) is 0 Å². The second kappa shape index (κ2) is 4.86. The Labute approximate surface area is 84.8 Å². The van der Waals surface area contributed by atoms with E-state index in [9.17, 15) is 0 Å². The van der Waals surface area contributed by atoms with E-state index >= 15 is 0 Å². The Morgan fingerprint density at radius 2 is 2.07 bits per heavy atom. The minimum atomic E-state index is 0.0428. The normalized spacial score (nSPS) is 12.5. The van der Waals surface area contributed by atoms with Gasteiger partial charge in [-0.1, -0.05) is 0 Å². The van der Waals surface area contributed by atoms with Crippen LogP contribution in [0.2, 0.25) is 0 Å². The predicted molar refractivity (Wildman–Crippen MR) is 57.6 cm³/mol. The SMILES string of the molecule is COCC(C)Oc1cc(C)cc(N)c1. The fraction of sp³-hybridized carbons (Fsp3) is 0.455. The monoisotopic (exact) mass is 195 g/mol. The lowest BCUT2D eigenvalue weighted by molar-refractivity contribution is 0.0921. The van der Waals surface area contributed by atoms with Crippen molar-refractivity contribution in [3.8, 4) is 5.75 Å². The highest BCUT2D eigenvalue weighted by Gasteiger charge is 2.03. The molecule has 1 atom stereocenters. The average Bonchev–Trinajstić information content (AvgIpc) is 2.01. The van der Waals surface area contributed by atoms with Crippen molar-refractivity contribution in [2.75, 3.05) is 19.5 Å². The number of aryl methyl sites for hydroxylation is 1. The summed E-state index contributed by atoms with van der Waals surface area (Å²) < 4.78 is 10.6. The fourth-order valence-corrected chi connectivity index (χ4v) is 1.35. The number of hydrogen-bond acceptors (Lipinski definition) is 3. The second-order valence-electron chi connectivity index (χ2n) is 3.46. The van der Waals surface area contributed by atoms with Crippen molar-refractivity contribution in [2.45, 2.75) is 20.0 Å². The molecule has 1 aromatic rings. The summed E-state index contributed by atoms with van der Waals surface area (Å²) in [5, 5.41) is 0. The van der Waals surface area contributed by atoms with Gasteiger partial charge in [0.25, 0.3) is 0 Å². The Hall–Kier alpha value is -1.22. The third-order valence-electron chi connectivity index (χ3n) is 1.81. The molecule has 0 amide bonds. The average molecular weight is 195 g/mol. The summed E-state index contributed by atoms with van der Waals surface area (Å²) in [6.45, 7) is 4.53. The Morgan fingerprint density at radius 1 is 1.36 bits per heavy atom. The third kappa shape index (κ3) is 3.26. The number of anilines is 1. The van der Waals surface area contributed by atoms with Crippen LogP contribution >= 0.6 is 0 Å². The minimum Gasteiger partial charge on any atom is -0.488 e. The molecule has 0 aromatic heterocycles. The number of benzene rings is 1. The first-order valence-electron chi connectivity index (χ1n) is 4.64. The van der Waals surface area contributed by atoms with Crippen molar-refractivity contribution in [2.24, 2.45) is 0 Å². The van der Waals surface area contributed by atoms with Gasteiger partial charge in [-0.3, -0.25) is 0 Å². The fourth-order valence-electron chi connectivity index (χ4n) is 1.35. The Kier molecular flexibility index (Phi) is 3.77. The lowest BCUT2D eigenvalue weighted by atomic mass is 10.2. The number of nitrogens with two attached hydrogens (primary N) is 1. The summed E-state index contributed by atoms with van der Waals surface area (Å²) in [5.74, 6) is 0.798. The van der Waals surface area contributed by atoms with E-state index in [1.165, 1.54) is 0 Å². The summed E-state index contributed by atoms with van der Waals surface area (Å²) in [5.41, 5.74) is 7.53. The van der Waals surface area contributed by atoms with Crippen LogP contribution in [0.1, 0.15) is 12.5 Å². The maximum Gasteiger partial charge on any atom is 0.122 e. The van der Waals surface area contributed by atoms with E-state index in [4.69, 9.17) is 15.2 Å². The first kappa shape index (κ1) is 10.9. The lowest BCUT2D eigenvalue weighted by Gasteiger charge is -2.14. The number of hydrogen-bond donors (Lipinski definition) is 1. The van der Waals surface area contributed by atoms with Crippen LogP contribution in [0.25, 0.3) is 0 Å². The molecule has 14 heavy (non-hydrogen) atoms. The molecular formula is C11H17NO2. The molecule has 0 spiro atoms. The van der Waals surface area contributed by atoms with Crippen molar-refractivity contribution in [3.05, 3.63) is 23.8 Å². The molecular weight excluding hydrogens is 178 g/mol. The molecule has 0 bridgehead atoms. The van der Waals surface area contributed by atoms with Crippen LogP contribution in [0.5, 0.6) is 5.75 Å². The van der Waals surface area contributed by atoms with Crippen LogP contribution < -0.4 is 10.5 Å². The first-order valence-corrected chi connectivity index (χ1v) is 4.64. The maximum absolute atomic E-state index is 5.70. The lowest BCUT2D eigenvalue weighted by Crippen LogP contribution is -2.18. The van der Waals surface area contributed by atoms with E-state index in [0.717, 1.165) is 17.0 Å². The largest absolute Gasteiger partial charge is 0.488 e. The van der Waals surface area contributed by atoms with Crippen molar-refractivity contribution in [1.29, 1.82) is 0 Å². The van der Waals surface area contributed by atoms with Gasteiger partial charge in [-0.05, 0) is 31.5 Å². The van der Waals surface area contributed by atoms with E-state index < -0.39 is 0 Å². The predicted octanol–water partition coefficient (Wildman–Crippen LogP) is 1.99. The summed E-state index contributed by atoms with van der Waals surface area (Å²) in [4.78, 5) is 0. The van der Waals surface area contributed by atoms with Crippen LogP contribution in [0, 0.1) is 6.92 Å². The summed E-state index contributed by atoms with van der Waals surface area (Å²) in [6.07, 6.45) is 0.0428. The van der Waals surface area contributed by atoms with E-state index in [1.807, 2.05) is 32.0 Å². The zero-order valence-electron chi connectivity index (χ0n) is 8.91. The number of nitrogen functional groups attached to an aromatic ring is 1. The highest BCUT2D eigenvalue weighted by Crippen LogP contribution is 2.19. The van der Waals surface area contributed by atoms with Crippen LogP contribution in [0.4, 0.5) is 5.69 Å².